The van der Waals surface area contributed by atoms with Crippen molar-refractivity contribution < 1.29 is 23.5 Å². The van der Waals surface area contributed by atoms with E-state index in [0.717, 1.165) is 11.3 Å². The molecule has 3 aromatic rings. The first kappa shape index (κ1) is 25.5. The van der Waals surface area contributed by atoms with E-state index in [4.69, 9.17) is 9.47 Å². The molecule has 0 bridgehead atoms. The van der Waals surface area contributed by atoms with E-state index < -0.39 is 0 Å². The van der Waals surface area contributed by atoms with Gasteiger partial charge in [0, 0.05) is 5.69 Å². The molecule has 0 saturated carbocycles. The van der Waals surface area contributed by atoms with Crippen molar-refractivity contribution in [1.29, 1.82) is 0 Å². The second-order valence-corrected chi connectivity index (χ2v) is 9.33. The fraction of sp³-hybridized carbons (Fsp3) is 0.115. The summed E-state index contributed by atoms with van der Waals surface area (Å²) in [6, 6.07) is 18.0. The van der Waals surface area contributed by atoms with Gasteiger partial charge in [-0.1, -0.05) is 6.07 Å². The average Bonchev–Trinajstić information content (AvgIpc) is 3.19. The molecule has 1 aliphatic heterocycles. The first-order valence-corrected chi connectivity index (χ1v) is 12.5. The van der Waals surface area contributed by atoms with Crippen molar-refractivity contribution in [2.45, 2.75) is 6.92 Å². The van der Waals surface area contributed by atoms with E-state index in [1.807, 2.05) is 31.2 Å². The summed E-state index contributed by atoms with van der Waals surface area (Å²) in [5.41, 5.74) is 1.95. The van der Waals surface area contributed by atoms with Crippen LogP contribution in [0.5, 0.6) is 11.5 Å². The first-order chi connectivity index (χ1) is 17.4. The molecule has 3 aromatic carbocycles. The SMILES string of the molecule is CCOc1ccc(N=C2NC(=O)/C(=C\c3ccc(OCC(=O)Nc4ccc(F)cc4)c(Br)c3)S2)cc1. The van der Waals surface area contributed by atoms with Crippen molar-refractivity contribution in [3.63, 3.8) is 0 Å². The number of aliphatic imine (C=N–C) groups is 1. The summed E-state index contributed by atoms with van der Waals surface area (Å²) in [6.07, 6.45) is 1.75. The Labute approximate surface area is 219 Å². The van der Waals surface area contributed by atoms with E-state index in [1.165, 1.54) is 36.0 Å². The Balaban J connectivity index is 1.36. The minimum Gasteiger partial charge on any atom is -0.494 e. The van der Waals surface area contributed by atoms with E-state index in [9.17, 15) is 14.0 Å². The van der Waals surface area contributed by atoms with Gasteiger partial charge in [0.25, 0.3) is 11.8 Å². The van der Waals surface area contributed by atoms with Gasteiger partial charge in [-0.25, -0.2) is 9.38 Å². The number of hydrogen-bond donors (Lipinski definition) is 2. The third kappa shape index (κ3) is 6.96. The van der Waals surface area contributed by atoms with Crippen LogP contribution in [0.3, 0.4) is 0 Å². The zero-order valence-electron chi connectivity index (χ0n) is 19.1. The zero-order chi connectivity index (χ0) is 25.5. The molecular weight excluding hydrogens is 549 g/mol. The summed E-state index contributed by atoms with van der Waals surface area (Å²) >= 11 is 4.69. The highest BCUT2D eigenvalue weighted by molar-refractivity contribution is 9.10. The monoisotopic (exact) mass is 569 g/mol. The highest BCUT2D eigenvalue weighted by Gasteiger charge is 2.24. The van der Waals surface area contributed by atoms with Crippen molar-refractivity contribution in [1.82, 2.24) is 5.32 Å². The van der Waals surface area contributed by atoms with E-state index in [2.05, 4.69) is 31.6 Å². The summed E-state index contributed by atoms with van der Waals surface area (Å²) in [5, 5.41) is 5.89. The lowest BCUT2D eigenvalue weighted by Gasteiger charge is -2.09. The summed E-state index contributed by atoms with van der Waals surface area (Å²) in [5.74, 6) is 0.230. The van der Waals surface area contributed by atoms with Gasteiger partial charge < -0.3 is 20.1 Å². The molecule has 0 unspecified atom stereocenters. The number of thioether (sulfide) groups is 1. The van der Waals surface area contributed by atoms with E-state index in [-0.39, 0.29) is 24.2 Å². The molecule has 0 aromatic heterocycles. The summed E-state index contributed by atoms with van der Waals surface area (Å²) < 4.78 is 24.6. The number of rotatable bonds is 8. The standard InChI is InChI=1S/C26H21BrFN3O4S/c1-2-34-20-10-8-19(9-11-20)30-26-31-25(33)23(36-26)14-16-3-12-22(21(27)13-16)35-15-24(32)29-18-6-4-17(28)5-7-18/h3-14H,2,15H2,1H3,(H,29,32)(H,30,31,33)/b23-14+. The molecule has 184 valence electrons. The molecule has 1 saturated heterocycles. The van der Waals surface area contributed by atoms with E-state index >= 15 is 0 Å². The van der Waals surface area contributed by atoms with Gasteiger partial charge in [-0.05, 0) is 107 Å². The van der Waals surface area contributed by atoms with E-state index in [0.29, 0.717) is 38.3 Å². The largest absolute Gasteiger partial charge is 0.494 e. The number of ether oxygens (including phenoxy) is 2. The molecule has 0 spiro atoms. The van der Waals surface area contributed by atoms with Crippen molar-refractivity contribution >= 4 is 62.1 Å². The Bertz CT molecular complexity index is 1330. The molecule has 0 aliphatic carbocycles. The second-order valence-electron chi connectivity index (χ2n) is 7.44. The van der Waals surface area contributed by atoms with Crippen molar-refractivity contribution in [2.75, 3.05) is 18.5 Å². The highest BCUT2D eigenvalue weighted by atomic mass is 79.9. The molecule has 1 fully saturated rings. The molecule has 0 atom stereocenters. The van der Waals surface area contributed by atoms with E-state index in [1.54, 1.807) is 24.3 Å². The van der Waals surface area contributed by atoms with Gasteiger partial charge >= 0.3 is 0 Å². The summed E-state index contributed by atoms with van der Waals surface area (Å²) in [7, 11) is 0. The van der Waals surface area contributed by atoms with Crippen LogP contribution in [0.15, 0.2) is 81.1 Å². The van der Waals surface area contributed by atoms with Gasteiger partial charge in [0.1, 0.15) is 17.3 Å². The Morgan fingerprint density at radius 3 is 2.56 bits per heavy atom. The van der Waals surface area contributed by atoms with Gasteiger partial charge in [0.05, 0.1) is 21.7 Å². The Hall–Kier alpha value is -3.63. The Morgan fingerprint density at radius 1 is 1.11 bits per heavy atom. The molecular formula is C26H21BrFN3O4S. The number of hydrogen-bond acceptors (Lipinski definition) is 6. The van der Waals surface area contributed by atoms with Crippen LogP contribution in [0.1, 0.15) is 12.5 Å². The summed E-state index contributed by atoms with van der Waals surface area (Å²) in [6.45, 7) is 2.28. The predicted octanol–water partition coefficient (Wildman–Crippen LogP) is 5.90. The molecule has 7 nitrogen and oxygen atoms in total. The Kier molecular flexibility index (Phi) is 8.40. The fourth-order valence-electron chi connectivity index (χ4n) is 3.13. The van der Waals surface area contributed by atoms with Crippen LogP contribution in [0.25, 0.3) is 6.08 Å². The number of carbonyl (C=O) groups is 2. The Morgan fingerprint density at radius 2 is 1.86 bits per heavy atom. The minimum absolute atomic E-state index is 0.222. The quantitative estimate of drug-likeness (QED) is 0.330. The molecule has 2 amide bonds. The molecule has 10 heteroatoms. The minimum atomic E-state index is -0.382. The lowest BCUT2D eigenvalue weighted by atomic mass is 10.2. The van der Waals surface area contributed by atoms with Crippen LogP contribution >= 0.6 is 27.7 Å². The third-order valence-electron chi connectivity index (χ3n) is 4.77. The van der Waals surface area contributed by atoms with Gasteiger partial charge in [-0.3, -0.25) is 9.59 Å². The predicted molar refractivity (Wildman–Crippen MR) is 143 cm³/mol. The molecule has 4 rings (SSSR count). The lowest BCUT2D eigenvalue weighted by Crippen LogP contribution is -2.20. The van der Waals surface area contributed by atoms with Crippen molar-refractivity contribution in [3.8, 4) is 11.5 Å². The molecule has 0 radical (unpaired) electrons. The molecule has 36 heavy (non-hydrogen) atoms. The van der Waals surface area contributed by atoms with Gasteiger partial charge in [0.2, 0.25) is 0 Å². The maximum atomic E-state index is 13.0. The normalized spacial score (nSPS) is 15.1. The number of carbonyl (C=O) groups excluding carboxylic acids is 2. The second kappa shape index (κ2) is 11.9. The average molecular weight is 570 g/mol. The smallest absolute Gasteiger partial charge is 0.264 e. The molecule has 1 aliphatic rings. The highest BCUT2D eigenvalue weighted by Crippen LogP contribution is 2.31. The third-order valence-corrected chi connectivity index (χ3v) is 6.30. The number of amidine groups is 1. The van der Waals surface area contributed by atoms with Crippen molar-refractivity contribution in [3.05, 3.63) is 87.5 Å². The van der Waals surface area contributed by atoms with Gasteiger partial charge in [-0.2, -0.15) is 0 Å². The van der Waals surface area contributed by atoms with Crippen LogP contribution in [0.2, 0.25) is 0 Å². The zero-order valence-corrected chi connectivity index (χ0v) is 21.5. The molecule has 2 N–H and O–H groups in total. The number of nitrogens with zero attached hydrogens (tertiary/aromatic N) is 1. The van der Waals surface area contributed by atoms with Crippen LogP contribution in [-0.4, -0.2) is 30.2 Å². The van der Waals surface area contributed by atoms with Crippen LogP contribution in [0.4, 0.5) is 15.8 Å². The molecule has 1 heterocycles. The first-order valence-electron chi connectivity index (χ1n) is 10.9. The summed E-state index contributed by atoms with van der Waals surface area (Å²) in [4.78, 5) is 29.5. The van der Waals surface area contributed by atoms with Crippen molar-refractivity contribution in [2.24, 2.45) is 4.99 Å². The fourth-order valence-corrected chi connectivity index (χ4v) is 4.48. The van der Waals surface area contributed by atoms with Gasteiger partial charge in [-0.15, -0.1) is 0 Å². The number of benzene rings is 3. The maximum Gasteiger partial charge on any atom is 0.264 e. The van der Waals surface area contributed by atoms with Crippen LogP contribution < -0.4 is 20.1 Å². The number of anilines is 1. The number of halogens is 2. The van der Waals surface area contributed by atoms with Crippen LogP contribution in [0, 0.1) is 5.82 Å². The maximum absolute atomic E-state index is 13.0. The number of amides is 2. The topological polar surface area (TPSA) is 89.0 Å². The lowest BCUT2D eigenvalue weighted by molar-refractivity contribution is -0.118. The van der Waals surface area contributed by atoms with Crippen LogP contribution in [-0.2, 0) is 9.59 Å². The number of nitrogens with one attached hydrogen (secondary N) is 2. The van der Waals surface area contributed by atoms with Gasteiger partial charge in [0.15, 0.2) is 11.8 Å².